The second kappa shape index (κ2) is 5.85. The van der Waals surface area contributed by atoms with Crippen molar-refractivity contribution in [1.82, 2.24) is 0 Å². The van der Waals surface area contributed by atoms with Crippen LogP contribution < -0.4 is 4.90 Å². The lowest BCUT2D eigenvalue weighted by Gasteiger charge is -2.20. The molecule has 0 heterocycles. The highest BCUT2D eigenvalue weighted by Gasteiger charge is 2.19. The molecule has 0 aliphatic carbocycles. The fourth-order valence-corrected chi connectivity index (χ4v) is 1.43. The Labute approximate surface area is 93.8 Å². The van der Waals surface area contributed by atoms with E-state index in [1.807, 2.05) is 13.0 Å². The molecule has 0 aliphatic rings. The van der Waals surface area contributed by atoms with Crippen molar-refractivity contribution in [2.24, 2.45) is 0 Å². The molecule has 0 fully saturated rings. The second-order valence-electron chi connectivity index (χ2n) is 3.37. The van der Waals surface area contributed by atoms with Crippen LogP contribution in [0.1, 0.15) is 13.3 Å². The van der Waals surface area contributed by atoms with E-state index in [1.54, 1.807) is 24.3 Å². The topological polar surface area (TPSA) is 63.5 Å². The molecular formula is C11H14N2O3. The summed E-state index contributed by atoms with van der Waals surface area (Å²) in [6.07, 6.45) is 0.762. The zero-order valence-electron chi connectivity index (χ0n) is 9.13. The molecule has 0 bridgehead atoms. The van der Waals surface area contributed by atoms with Crippen LogP contribution in [0.15, 0.2) is 30.3 Å². The van der Waals surface area contributed by atoms with Crippen molar-refractivity contribution >= 4 is 11.6 Å². The third kappa shape index (κ3) is 3.34. The van der Waals surface area contributed by atoms with Gasteiger partial charge in [-0.15, -0.1) is 0 Å². The van der Waals surface area contributed by atoms with Gasteiger partial charge in [0, 0.05) is 17.2 Å². The van der Waals surface area contributed by atoms with E-state index in [2.05, 4.69) is 0 Å². The average Bonchev–Trinajstić information content (AvgIpc) is 2.26. The normalized spacial score (nSPS) is 9.81. The van der Waals surface area contributed by atoms with Crippen LogP contribution in [0.25, 0.3) is 0 Å². The molecule has 5 heteroatoms. The van der Waals surface area contributed by atoms with E-state index in [1.165, 1.54) is 4.90 Å². The lowest BCUT2D eigenvalue weighted by Crippen LogP contribution is -2.36. The fraction of sp³-hybridized carbons (Fsp3) is 0.364. The Bertz CT molecular complexity index is 365. The van der Waals surface area contributed by atoms with Crippen LogP contribution in [-0.2, 0) is 4.79 Å². The van der Waals surface area contributed by atoms with Crippen molar-refractivity contribution in [2.75, 3.05) is 18.0 Å². The van der Waals surface area contributed by atoms with Crippen LogP contribution in [0.5, 0.6) is 0 Å². The van der Waals surface area contributed by atoms with Gasteiger partial charge in [-0.3, -0.25) is 14.9 Å². The molecule has 0 aromatic heterocycles. The van der Waals surface area contributed by atoms with Gasteiger partial charge in [-0.25, -0.2) is 0 Å². The summed E-state index contributed by atoms with van der Waals surface area (Å²) in [5, 5.41) is 10.3. The molecule has 16 heavy (non-hydrogen) atoms. The molecule has 0 aliphatic heterocycles. The predicted octanol–water partition coefficient (Wildman–Crippen LogP) is 1.71. The Balaban J connectivity index is 2.82. The van der Waals surface area contributed by atoms with Gasteiger partial charge in [0.15, 0.2) is 0 Å². The van der Waals surface area contributed by atoms with Crippen LogP contribution in [-0.4, -0.2) is 23.9 Å². The maximum absolute atomic E-state index is 11.6. The Morgan fingerprint density at radius 2 is 2.00 bits per heavy atom. The first kappa shape index (κ1) is 12.2. The number of nitrogens with zero attached hydrogens (tertiary/aromatic N) is 2. The van der Waals surface area contributed by atoms with E-state index in [9.17, 15) is 14.9 Å². The molecule has 86 valence electrons. The zero-order chi connectivity index (χ0) is 12.0. The molecule has 0 N–H and O–H groups in total. The van der Waals surface area contributed by atoms with Gasteiger partial charge in [-0.2, -0.15) is 0 Å². The fourth-order valence-electron chi connectivity index (χ4n) is 1.43. The molecule has 1 rings (SSSR count). The lowest BCUT2D eigenvalue weighted by atomic mass is 10.2. The molecule has 5 nitrogen and oxygen atoms in total. The van der Waals surface area contributed by atoms with Crippen LogP contribution in [0, 0.1) is 10.1 Å². The summed E-state index contributed by atoms with van der Waals surface area (Å²) in [5.41, 5.74) is 0.705. The number of benzene rings is 1. The third-order valence-electron chi connectivity index (χ3n) is 2.08. The van der Waals surface area contributed by atoms with Gasteiger partial charge < -0.3 is 4.90 Å². The van der Waals surface area contributed by atoms with Gasteiger partial charge >= 0.3 is 0 Å². The first-order valence-electron chi connectivity index (χ1n) is 5.12. The summed E-state index contributed by atoms with van der Waals surface area (Å²) in [6, 6.07) is 8.99. The number of rotatable bonds is 5. The van der Waals surface area contributed by atoms with E-state index in [-0.39, 0.29) is 0 Å². The minimum Gasteiger partial charge on any atom is -0.307 e. The average molecular weight is 222 g/mol. The van der Waals surface area contributed by atoms with Gasteiger partial charge in [0.2, 0.25) is 0 Å². The van der Waals surface area contributed by atoms with E-state index in [4.69, 9.17) is 0 Å². The summed E-state index contributed by atoms with van der Waals surface area (Å²) >= 11 is 0. The van der Waals surface area contributed by atoms with Crippen LogP contribution in [0.2, 0.25) is 0 Å². The van der Waals surface area contributed by atoms with Gasteiger partial charge in [-0.1, -0.05) is 25.1 Å². The minimum absolute atomic E-state index is 0.474. The molecule has 0 unspecified atom stereocenters. The van der Waals surface area contributed by atoms with Crippen molar-refractivity contribution in [3.63, 3.8) is 0 Å². The molecule has 1 aromatic carbocycles. The highest BCUT2D eigenvalue weighted by atomic mass is 16.6. The molecule has 0 saturated heterocycles. The summed E-state index contributed by atoms with van der Waals surface area (Å²) in [4.78, 5) is 22.8. The van der Waals surface area contributed by atoms with Gasteiger partial charge in [0.25, 0.3) is 12.5 Å². The number of hydrogen-bond donors (Lipinski definition) is 0. The van der Waals surface area contributed by atoms with E-state index in [0.717, 1.165) is 6.42 Å². The largest absolute Gasteiger partial charge is 0.307 e. The second-order valence-corrected chi connectivity index (χ2v) is 3.37. The van der Waals surface area contributed by atoms with E-state index >= 15 is 0 Å². The van der Waals surface area contributed by atoms with E-state index < -0.39 is 17.4 Å². The maximum atomic E-state index is 11.6. The minimum atomic E-state index is -0.658. The van der Waals surface area contributed by atoms with E-state index in [0.29, 0.717) is 12.2 Å². The number of carbonyl (C=O) groups excluding carboxylic acids is 1. The van der Waals surface area contributed by atoms with Crippen LogP contribution >= 0.6 is 0 Å². The summed E-state index contributed by atoms with van der Waals surface area (Å²) in [6.45, 7) is 1.76. The number of nitro groups is 1. The molecule has 0 radical (unpaired) electrons. The molecule has 1 amide bonds. The number of hydrogen-bond acceptors (Lipinski definition) is 3. The number of amides is 1. The molecule has 0 atom stereocenters. The van der Waals surface area contributed by atoms with Crippen molar-refractivity contribution in [1.29, 1.82) is 0 Å². The zero-order valence-corrected chi connectivity index (χ0v) is 9.13. The summed E-state index contributed by atoms with van der Waals surface area (Å²) in [7, 11) is 0. The monoisotopic (exact) mass is 222 g/mol. The van der Waals surface area contributed by atoms with Crippen molar-refractivity contribution in [3.05, 3.63) is 40.4 Å². The smallest absolute Gasteiger partial charge is 0.298 e. The van der Waals surface area contributed by atoms with Gasteiger partial charge in [0.05, 0.1) is 0 Å². The standard InChI is InChI=1S/C11H14N2O3/c1-2-8-12(11(14)9-13(15)16)10-6-4-3-5-7-10/h3-7H,2,8-9H2,1H3. The van der Waals surface area contributed by atoms with Crippen molar-refractivity contribution in [3.8, 4) is 0 Å². The molecule has 0 saturated carbocycles. The Morgan fingerprint density at radius 3 is 2.50 bits per heavy atom. The number of carbonyl (C=O) groups is 1. The van der Waals surface area contributed by atoms with Crippen LogP contribution in [0.3, 0.4) is 0 Å². The summed E-state index contributed by atoms with van der Waals surface area (Å²) < 4.78 is 0. The predicted molar refractivity (Wildman–Crippen MR) is 60.9 cm³/mol. The third-order valence-corrected chi connectivity index (χ3v) is 2.08. The SMILES string of the molecule is CCCN(C(=O)C[N+](=O)[O-])c1ccccc1. The Hall–Kier alpha value is -1.91. The molecule has 0 spiro atoms. The quantitative estimate of drug-likeness (QED) is 0.562. The molecular weight excluding hydrogens is 208 g/mol. The van der Waals surface area contributed by atoms with Gasteiger partial charge in [-0.05, 0) is 18.6 Å². The first-order valence-corrected chi connectivity index (χ1v) is 5.12. The summed E-state index contributed by atoms with van der Waals surface area (Å²) in [5.74, 6) is -0.474. The highest BCUT2D eigenvalue weighted by Crippen LogP contribution is 2.13. The Morgan fingerprint density at radius 1 is 1.38 bits per heavy atom. The van der Waals surface area contributed by atoms with Crippen molar-refractivity contribution in [2.45, 2.75) is 13.3 Å². The number of anilines is 1. The van der Waals surface area contributed by atoms with Crippen LogP contribution in [0.4, 0.5) is 5.69 Å². The Kier molecular flexibility index (Phi) is 4.44. The first-order chi connectivity index (χ1) is 7.65. The van der Waals surface area contributed by atoms with Gasteiger partial charge in [0.1, 0.15) is 0 Å². The lowest BCUT2D eigenvalue weighted by molar-refractivity contribution is -0.467. The molecule has 1 aromatic rings. The number of para-hydroxylation sites is 1. The van der Waals surface area contributed by atoms with Crippen molar-refractivity contribution < 1.29 is 9.72 Å². The highest BCUT2D eigenvalue weighted by molar-refractivity contribution is 5.94. The maximum Gasteiger partial charge on any atom is 0.298 e.